The largest absolute Gasteiger partial charge is 0.479 e. The van der Waals surface area contributed by atoms with Crippen LogP contribution in [-0.4, -0.2) is 38.8 Å². The maximum Gasteiger partial charge on any atom is 0.336 e. The van der Waals surface area contributed by atoms with E-state index in [1.54, 1.807) is 6.08 Å². The van der Waals surface area contributed by atoms with Gasteiger partial charge in [-0.2, -0.15) is 0 Å². The first kappa shape index (κ1) is 17.2. The van der Waals surface area contributed by atoms with Gasteiger partial charge in [-0.15, -0.1) is 0 Å². The number of ketones is 1. The summed E-state index contributed by atoms with van der Waals surface area (Å²) in [6, 6.07) is 0. The van der Waals surface area contributed by atoms with E-state index in [4.69, 9.17) is 0 Å². The number of carboxylic acid groups (broad SMARTS) is 1. The molecule has 5 nitrogen and oxygen atoms in total. The van der Waals surface area contributed by atoms with Gasteiger partial charge >= 0.3 is 5.97 Å². The Kier molecular flexibility index (Phi) is 3.56. The van der Waals surface area contributed by atoms with Crippen LogP contribution in [0.1, 0.15) is 58.8 Å². The molecule has 0 aliphatic heterocycles. The summed E-state index contributed by atoms with van der Waals surface area (Å²) in [5.74, 6) is -0.610. The fourth-order valence-electron chi connectivity index (χ4n) is 7.04. The predicted molar refractivity (Wildman–Crippen MR) is 90.7 cm³/mol. The summed E-state index contributed by atoms with van der Waals surface area (Å²) in [7, 11) is 0. The first-order chi connectivity index (χ1) is 11.6. The Morgan fingerprint density at radius 3 is 2.60 bits per heavy atom. The van der Waals surface area contributed by atoms with Crippen molar-refractivity contribution in [2.24, 2.45) is 28.6 Å². The van der Waals surface area contributed by atoms with E-state index in [0.717, 1.165) is 19.3 Å². The molecule has 4 aliphatic carbocycles. The van der Waals surface area contributed by atoms with Crippen LogP contribution in [0.3, 0.4) is 0 Å². The van der Waals surface area contributed by atoms with Crippen molar-refractivity contribution in [2.75, 3.05) is 0 Å². The molecule has 0 amide bonds. The Labute approximate surface area is 148 Å². The van der Waals surface area contributed by atoms with Gasteiger partial charge in [-0.3, -0.25) is 4.79 Å². The topological polar surface area (TPSA) is 94.8 Å². The van der Waals surface area contributed by atoms with Gasteiger partial charge in [-0.05, 0) is 67.8 Å². The minimum absolute atomic E-state index is 0.0508. The van der Waals surface area contributed by atoms with Crippen LogP contribution in [0.5, 0.6) is 0 Å². The summed E-state index contributed by atoms with van der Waals surface area (Å²) in [5.41, 5.74) is -1.55. The van der Waals surface area contributed by atoms with E-state index in [2.05, 4.69) is 6.92 Å². The maximum atomic E-state index is 11.9. The third-order valence-corrected chi connectivity index (χ3v) is 8.40. The molecule has 5 heteroatoms. The molecule has 6 unspecified atom stereocenters. The number of rotatable bonds is 1. The van der Waals surface area contributed by atoms with Crippen LogP contribution in [0.25, 0.3) is 0 Å². The number of carbonyl (C=O) groups is 2. The summed E-state index contributed by atoms with van der Waals surface area (Å²) in [4.78, 5) is 23.7. The van der Waals surface area contributed by atoms with Crippen molar-refractivity contribution in [1.82, 2.24) is 0 Å². The summed E-state index contributed by atoms with van der Waals surface area (Å²) >= 11 is 0. The number of carboxylic acids is 1. The number of allylic oxidation sites excluding steroid dienone is 1. The molecule has 3 N–H and O–H groups in total. The second kappa shape index (κ2) is 5.17. The van der Waals surface area contributed by atoms with Gasteiger partial charge < -0.3 is 15.3 Å². The van der Waals surface area contributed by atoms with E-state index in [-0.39, 0.29) is 35.4 Å². The van der Waals surface area contributed by atoms with Crippen molar-refractivity contribution in [3.63, 3.8) is 0 Å². The quantitative estimate of drug-likeness (QED) is 0.676. The molecule has 4 rings (SSSR count). The van der Waals surface area contributed by atoms with Gasteiger partial charge in [0.05, 0.1) is 6.10 Å². The number of fused-ring (bicyclic) bond motifs is 5. The summed E-state index contributed by atoms with van der Waals surface area (Å²) < 4.78 is 0. The highest BCUT2D eigenvalue weighted by molar-refractivity contribution is 5.91. The molecule has 7 atom stereocenters. The van der Waals surface area contributed by atoms with Crippen LogP contribution in [0.4, 0.5) is 0 Å². The zero-order valence-electron chi connectivity index (χ0n) is 15.0. The van der Waals surface area contributed by atoms with Crippen molar-refractivity contribution in [2.45, 2.75) is 70.5 Å². The molecule has 0 aromatic heterocycles. The third kappa shape index (κ3) is 2.02. The molecule has 25 heavy (non-hydrogen) atoms. The third-order valence-electron chi connectivity index (χ3n) is 8.40. The zero-order valence-corrected chi connectivity index (χ0v) is 15.0. The van der Waals surface area contributed by atoms with Gasteiger partial charge in [-0.25, -0.2) is 4.79 Å². The van der Waals surface area contributed by atoms with Crippen molar-refractivity contribution in [3.05, 3.63) is 11.6 Å². The number of aliphatic hydroxyl groups is 2. The minimum atomic E-state index is -1.75. The normalized spacial score (nSPS) is 52.0. The van der Waals surface area contributed by atoms with Crippen LogP contribution >= 0.6 is 0 Å². The van der Waals surface area contributed by atoms with E-state index in [1.807, 2.05) is 6.92 Å². The molecule has 0 bridgehead atoms. The lowest BCUT2D eigenvalue weighted by molar-refractivity contribution is -0.194. The highest BCUT2D eigenvalue weighted by Gasteiger charge is 2.68. The maximum absolute atomic E-state index is 11.9. The van der Waals surface area contributed by atoms with E-state index in [0.29, 0.717) is 19.3 Å². The summed E-state index contributed by atoms with van der Waals surface area (Å²) in [5, 5.41) is 31.6. The van der Waals surface area contributed by atoms with E-state index >= 15 is 0 Å². The monoisotopic (exact) mass is 348 g/mol. The molecule has 3 fully saturated rings. The molecule has 0 radical (unpaired) electrons. The van der Waals surface area contributed by atoms with Crippen LogP contribution in [0.15, 0.2) is 11.6 Å². The van der Waals surface area contributed by atoms with Gasteiger partial charge in [0.2, 0.25) is 0 Å². The van der Waals surface area contributed by atoms with Gasteiger partial charge in [0.25, 0.3) is 0 Å². The number of aliphatic hydroxyl groups excluding tert-OH is 1. The Morgan fingerprint density at radius 1 is 1.20 bits per heavy atom. The van der Waals surface area contributed by atoms with E-state index in [1.165, 1.54) is 5.57 Å². The standard InChI is InChI=1S/C20H28O5/c1-18-7-5-12(21)9-11(18)3-4-13-14-6-8-20(25,17(23)24)19(14,2)10-15(22)16(13)18/h9,13-16,22,25H,3-8,10H2,1-2H3,(H,23,24)/t13?,14?,15?,16?,18?,19?,20-/m1/s1. The Morgan fingerprint density at radius 2 is 1.92 bits per heavy atom. The van der Waals surface area contributed by atoms with Crippen LogP contribution in [-0.2, 0) is 9.59 Å². The molecule has 0 saturated heterocycles. The Balaban J connectivity index is 1.75. The molecule has 0 aromatic rings. The van der Waals surface area contributed by atoms with Crippen molar-refractivity contribution < 1.29 is 24.9 Å². The number of carbonyl (C=O) groups excluding carboxylic acids is 1. The molecule has 4 aliphatic rings. The molecule has 138 valence electrons. The second-order valence-corrected chi connectivity index (χ2v) is 9.28. The smallest absolute Gasteiger partial charge is 0.336 e. The molecule has 3 saturated carbocycles. The zero-order chi connectivity index (χ0) is 18.2. The number of aliphatic carboxylic acids is 1. The van der Waals surface area contributed by atoms with Crippen molar-refractivity contribution in [1.29, 1.82) is 0 Å². The second-order valence-electron chi connectivity index (χ2n) is 9.28. The average Bonchev–Trinajstić information content (AvgIpc) is 2.80. The van der Waals surface area contributed by atoms with Crippen LogP contribution < -0.4 is 0 Å². The first-order valence-electron chi connectivity index (χ1n) is 9.51. The van der Waals surface area contributed by atoms with Gasteiger partial charge in [0, 0.05) is 11.8 Å². The molecule has 0 spiro atoms. The highest BCUT2D eigenvalue weighted by Crippen LogP contribution is 2.67. The van der Waals surface area contributed by atoms with Crippen molar-refractivity contribution in [3.8, 4) is 0 Å². The molecule has 0 heterocycles. The summed E-state index contributed by atoms with van der Waals surface area (Å²) in [6.45, 7) is 4.03. The van der Waals surface area contributed by atoms with E-state index in [9.17, 15) is 24.9 Å². The SMILES string of the molecule is CC12CCC(=O)C=C1CCC1C2C(O)CC2(C)C1CC[C@@]2(O)C(=O)O. The first-order valence-corrected chi connectivity index (χ1v) is 9.51. The lowest BCUT2D eigenvalue weighted by atomic mass is 9.45. The Bertz CT molecular complexity index is 669. The summed E-state index contributed by atoms with van der Waals surface area (Å²) in [6.07, 6.45) is 5.43. The lowest BCUT2D eigenvalue weighted by Crippen LogP contribution is -2.61. The fourth-order valence-corrected chi connectivity index (χ4v) is 7.04. The molecular weight excluding hydrogens is 320 g/mol. The average molecular weight is 348 g/mol. The van der Waals surface area contributed by atoms with Gasteiger partial charge in [0.1, 0.15) is 0 Å². The van der Waals surface area contributed by atoms with Crippen LogP contribution in [0.2, 0.25) is 0 Å². The van der Waals surface area contributed by atoms with Crippen LogP contribution in [0, 0.1) is 28.6 Å². The molecule has 0 aromatic carbocycles. The van der Waals surface area contributed by atoms with Gasteiger partial charge in [-0.1, -0.05) is 19.4 Å². The highest BCUT2D eigenvalue weighted by atomic mass is 16.4. The van der Waals surface area contributed by atoms with Gasteiger partial charge in [0.15, 0.2) is 11.4 Å². The van der Waals surface area contributed by atoms with Crippen molar-refractivity contribution >= 4 is 11.8 Å². The molecular formula is C20H28O5. The predicted octanol–water partition coefficient (Wildman–Crippen LogP) is 2.30. The minimum Gasteiger partial charge on any atom is -0.479 e. The number of hydrogen-bond donors (Lipinski definition) is 3. The number of hydrogen-bond acceptors (Lipinski definition) is 4. The van der Waals surface area contributed by atoms with E-state index < -0.39 is 23.1 Å². The fraction of sp³-hybridized carbons (Fsp3) is 0.800. The lowest BCUT2D eigenvalue weighted by Gasteiger charge is -2.60. The Hall–Kier alpha value is -1.20.